The minimum absolute atomic E-state index is 0.161. The summed E-state index contributed by atoms with van der Waals surface area (Å²) < 4.78 is 8.83. The van der Waals surface area contributed by atoms with Crippen LogP contribution in [0.2, 0.25) is 0 Å². The minimum atomic E-state index is 0.161. The van der Waals surface area contributed by atoms with Crippen LogP contribution < -0.4 is 27.3 Å². The van der Waals surface area contributed by atoms with Crippen molar-refractivity contribution < 1.29 is 4.42 Å². The van der Waals surface area contributed by atoms with Gasteiger partial charge in [0.25, 0.3) is 0 Å². The first-order chi connectivity index (χ1) is 29.8. The van der Waals surface area contributed by atoms with Crippen LogP contribution in [-0.2, 0) is 0 Å². The Morgan fingerprint density at radius 3 is 1.64 bits per heavy atom. The lowest BCUT2D eigenvalue weighted by molar-refractivity contribution is 0.669. The number of aromatic nitrogens is 4. The van der Waals surface area contributed by atoms with E-state index in [1.807, 2.05) is 72.8 Å². The molecule has 0 aliphatic heterocycles. The molecule has 10 heteroatoms. The summed E-state index contributed by atoms with van der Waals surface area (Å²) in [6, 6.07) is 55.6. The Morgan fingerprint density at radius 1 is 0.344 bits per heavy atom. The van der Waals surface area contributed by atoms with Gasteiger partial charge in [0.15, 0.2) is 17.5 Å². The first-order valence-electron chi connectivity index (χ1n) is 19.8. The maximum Gasteiger partial charge on any atom is 0.164 e. The topological polar surface area (TPSA) is 56.7 Å². The summed E-state index contributed by atoms with van der Waals surface area (Å²) in [7, 11) is 31.5. The van der Waals surface area contributed by atoms with Crippen LogP contribution in [0.3, 0.4) is 0 Å². The molecule has 272 valence electrons. The molecule has 5 nitrogen and oxygen atoms in total. The number of furan rings is 1. The molecule has 8 aromatic carbocycles. The van der Waals surface area contributed by atoms with Gasteiger partial charge in [-0.15, -0.1) is 16.4 Å². The predicted octanol–water partition coefficient (Wildman–Crippen LogP) is 7.17. The second-order valence-electron chi connectivity index (χ2n) is 15.1. The van der Waals surface area contributed by atoms with E-state index in [2.05, 4.69) is 95.6 Å². The summed E-state index contributed by atoms with van der Waals surface area (Å²) >= 11 is 0. The number of rotatable bonds is 6. The van der Waals surface area contributed by atoms with Crippen molar-refractivity contribution in [2.45, 2.75) is 0 Å². The van der Waals surface area contributed by atoms with Gasteiger partial charge in [0.2, 0.25) is 0 Å². The summed E-state index contributed by atoms with van der Waals surface area (Å²) in [6.07, 6.45) is 0. The monoisotopic (exact) mass is 766 g/mol. The largest absolute Gasteiger partial charge is 0.456 e. The SMILES string of the molecule is [B]c1c([B])c([B])c(-c2cccc(-c3nc(-c4ccccc4)nc(-c4ccc5oc6cc(-c7ccc8c(c7)c7ccccc7n8-c7ccccc7)ccc6c5c4)n3)c2)c([B])c1[B]. The number of nitrogens with zero attached hydrogens (tertiary/aromatic N) is 4. The van der Waals surface area contributed by atoms with Gasteiger partial charge in [-0.1, -0.05) is 108 Å². The second kappa shape index (κ2) is 14.5. The molecular formula is C51H27B5N4O. The molecule has 0 spiro atoms. The first-order valence-corrected chi connectivity index (χ1v) is 19.8. The van der Waals surface area contributed by atoms with Crippen LogP contribution in [0.15, 0.2) is 168 Å². The van der Waals surface area contributed by atoms with Crippen LogP contribution in [0.5, 0.6) is 0 Å². The Hall–Kier alpha value is -7.31. The van der Waals surface area contributed by atoms with Gasteiger partial charge in [-0.05, 0) is 89.0 Å². The molecule has 3 aromatic heterocycles. The normalized spacial score (nSPS) is 11.6. The zero-order valence-corrected chi connectivity index (χ0v) is 32.7. The zero-order valence-electron chi connectivity index (χ0n) is 32.7. The molecule has 0 N–H and O–H groups in total. The molecule has 0 unspecified atom stereocenters. The molecule has 0 aliphatic carbocycles. The predicted molar refractivity (Wildman–Crippen MR) is 256 cm³/mol. The van der Waals surface area contributed by atoms with E-state index in [1.165, 1.54) is 16.3 Å². The summed E-state index contributed by atoms with van der Waals surface area (Å²) in [5.41, 5.74) is 11.8. The fourth-order valence-electron chi connectivity index (χ4n) is 8.43. The molecule has 0 fully saturated rings. The number of fused-ring (bicyclic) bond motifs is 6. The van der Waals surface area contributed by atoms with Gasteiger partial charge in [0.05, 0.1) is 11.0 Å². The third-order valence-electron chi connectivity index (χ3n) is 11.5. The highest BCUT2D eigenvalue weighted by Crippen LogP contribution is 2.38. The van der Waals surface area contributed by atoms with E-state index in [4.69, 9.17) is 58.6 Å². The van der Waals surface area contributed by atoms with E-state index in [9.17, 15) is 0 Å². The number of hydrogen-bond donors (Lipinski definition) is 0. The second-order valence-corrected chi connectivity index (χ2v) is 15.1. The van der Waals surface area contributed by atoms with Crippen LogP contribution in [0.25, 0.3) is 106 Å². The Morgan fingerprint density at radius 2 is 0.885 bits per heavy atom. The van der Waals surface area contributed by atoms with Crippen molar-refractivity contribution in [2.24, 2.45) is 0 Å². The Labute approximate surface area is 358 Å². The maximum atomic E-state index is 6.51. The van der Waals surface area contributed by atoms with Crippen LogP contribution in [0.1, 0.15) is 0 Å². The molecule has 11 rings (SSSR count). The van der Waals surface area contributed by atoms with Crippen molar-refractivity contribution in [1.29, 1.82) is 0 Å². The van der Waals surface area contributed by atoms with E-state index in [-0.39, 0.29) is 27.3 Å². The molecule has 3 heterocycles. The smallest absolute Gasteiger partial charge is 0.164 e. The lowest BCUT2D eigenvalue weighted by atomic mass is 9.59. The van der Waals surface area contributed by atoms with E-state index in [0.29, 0.717) is 28.6 Å². The number of benzene rings is 8. The highest BCUT2D eigenvalue weighted by Gasteiger charge is 2.18. The first kappa shape index (κ1) is 36.8. The molecule has 0 aliphatic rings. The average Bonchev–Trinajstić information content (AvgIpc) is 3.85. The van der Waals surface area contributed by atoms with Gasteiger partial charge < -0.3 is 8.98 Å². The van der Waals surface area contributed by atoms with E-state index >= 15 is 0 Å². The highest BCUT2D eigenvalue weighted by atomic mass is 16.3. The summed E-state index contributed by atoms with van der Waals surface area (Å²) in [4.78, 5) is 15.0. The van der Waals surface area contributed by atoms with Crippen molar-refractivity contribution >= 4 is 110 Å². The molecule has 0 saturated carbocycles. The van der Waals surface area contributed by atoms with Gasteiger partial charge in [0.1, 0.15) is 50.4 Å². The summed E-state index contributed by atoms with van der Waals surface area (Å²) in [6.45, 7) is 0. The van der Waals surface area contributed by atoms with Crippen molar-refractivity contribution in [1.82, 2.24) is 19.5 Å². The molecule has 0 saturated heterocycles. The zero-order chi connectivity index (χ0) is 41.4. The van der Waals surface area contributed by atoms with Gasteiger partial charge in [-0.25, -0.2) is 15.0 Å². The molecule has 0 amide bonds. The van der Waals surface area contributed by atoms with E-state index < -0.39 is 0 Å². The molecule has 11 aromatic rings. The van der Waals surface area contributed by atoms with Crippen molar-refractivity contribution in [3.05, 3.63) is 164 Å². The molecule has 0 bridgehead atoms. The minimum Gasteiger partial charge on any atom is -0.456 e. The third kappa shape index (κ3) is 6.12. The lowest BCUT2D eigenvalue weighted by Gasteiger charge is -2.21. The molecule has 61 heavy (non-hydrogen) atoms. The van der Waals surface area contributed by atoms with Crippen molar-refractivity contribution in [2.75, 3.05) is 0 Å². The number of para-hydroxylation sites is 2. The summed E-state index contributed by atoms with van der Waals surface area (Å²) in [5.74, 6) is 1.49. The Bertz CT molecular complexity index is 3520. The number of hydrogen-bond acceptors (Lipinski definition) is 4. The van der Waals surface area contributed by atoms with Crippen LogP contribution in [0.4, 0.5) is 0 Å². The Kier molecular flexibility index (Phi) is 8.71. The van der Waals surface area contributed by atoms with Gasteiger partial charge >= 0.3 is 0 Å². The summed E-state index contributed by atoms with van der Waals surface area (Å²) in [5, 5.41) is 4.34. The third-order valence-corrected chi connectivity index (χ3v) is 11.5. The van der Waals surface area contributed by atoms with Gasteiger partial charge in [-0.3, -0.25) is 0 Å². The molecule has 0 atom stereocenters. The van der Waals surface area contributed by atoms with Crippen LogP contribution in [0, 0.1) is 0 Å². The molecule has 10 radical (unpaired) electrons. The standard InChI is InChI=1S/C51H27B5N4O/c52-44-43(45(53)47(55)48(56)46(44)54)31-12-9-13-32(24-31)50-57-49(28-10-3-1-4-11-28)58-51(59-50)33-20-23-41-38(26-33)36-21-18-30(27-42(36)61-41)29-19-22-40-37(25-29)35-16-7-8-17-39(35)60(40)34-14-5-2-6-15-34/h1-27H. The van der Waals surface area contributed by atoms with Gasteiger partial charge in [0, 0.05) is 43.9 Å². The van der Waals surface area contributed by atoms with Crippen molar-refractivity contribution in [3.8, 4) is 62.1 Å². The van der Waals surface area contributed by atoms with Crippen molar-refractivity contribution in [3.63, 3.8) is 0 Å². The fraction of sp³-hybridized carbons (Fsp3) is 0. The lowest BCUT2D eigenvalue weighted by Crippen LogP contribution is -2.55. The van der Waals surface area contributed by atoms with E-state index in [0.717, 1.165) is 61.0 Å². The quantitative estimate of drug-likeness (QED) is 0.169. The van der Waals surface area contributed by atoms with Crippen LogP contribution >= 0.6 is 0 Å². The van der Waals surface area contributed by atoms with Crippen LogP contribution in [-0.4, -0.2) is 58.8 Å². The average molecular weight is 766 g/mol. The van der Waals surface area contributed by atoms with Gasteiger partial charge in [-0.2, -0.15) is 0 Å². The fourth-order valence-corrected chi connectivity index (χ4v) is 8.43. The molecular weight excluding hydrogens is 739 g/mol. The van der Waals surface area contributed by atoms with E-state index in [1.54, 1.807) is 0 Å². The Balaban J connectivity index is 1.00. The maximum absolute atomic E-state index is 6.51. The highest BCUT2D eigenvalue weighted by molar-refractivity contribution is 6.68.